The summed E-state index contributed by atoms with van der Waals surface area (Å²) in [6.07, 6.45) is 0. The van der Waals surface area contributed by atoms with Crippen LogP contribution in [0.15, 0.2) is 77.7 Å². The Morgan fingerprint density at radius 3 is 2.19 bits per heavy atom. The molecule has 0 saturated heterocycles. The number of nitrogen functional groups attached to an aromatic ring is 1. The molecule has 0 heterocycles. The molecule has 9 heteroatoms. The largest absolute Gasteiger partial charge is 0.478 e. The number of rotatable bonds is 5. The van der Waals surface area contributed by atoms with Gasteiger partial charge in [-0.15, -0.1) is 0 Å². The van der Waals surface area contributed by atoms with Gasteiger partial charge in [-0.25, -0.2) is 9.59 Å². The number of fused-ring (bicyclic) bond motifs is 2. The molecule has 0 saturated carbocycles. The molecule has 4 aromatic rings. The van der Waals surface area contributed by atoms with Crippen LogP contribution in [-0.2, 0) is 14.3 Å². The van der Waals surface area contributed by atoms with Crippen LogP contribution in [0.2, 0.25) is 0 Å². The highest BCUT2D eigenvalue weighted by Crippen LogP contribution is 2.30. The predicted molar refractivity (Wildman–Crippen MR) is 115 cm³/mol. The predicted octanol–water partition coefficient (Wildman–Crippen LogP) is 3.52. The SMILES string of the molecule is NNc1c(C(=O)OS(=O)(=O)c2cc(C(=O)O)cc3ccccc23)ccc2ccccc12. The monoisotopic (exact) mass is 436 g/mol. The molecule has 0 aliphatic heterocycles. The Morgan fingerprint density at radius 2 is 1.52 bits per heavy atom. The lowest BCUT2D eigenvalue weighted by atomic mass is 10.0. The van der Waals surface area contributed by atoms with Gasteiger partial charge in [0.2, 0.25) is 0 Å². The second-order valence-corrected chi connectivity index (χ2v) is 8.19. The van der Waals surface area contributed by atoms with Crippen LogP contribution in [-0.4, -0.2) is 25.5 Å². The number of carboxylic acid groups (broad SMARTS) is 1. The molecule has 0 atom stereocenters. The highest BCUT2D eigenvalue weighted by Gasteiger charge is 2.27. The lowest BCUT2D eigenvalue weighted by Crippen LogP contribution is -2.18. The van der Waals surface area contributed by atoms with Crippen molar-refractivity contribution in [2.75, 3.05) is 5.43 Å². The number of anilines is 1. The van der Waals surface area contributed by atoms with E-state index in [1.807, 2.05) is 12.1 Å². The first-order valence-electron chi connectivity index (χ1n) is 9.05. The zero-order valence-electron chi connectivity index (χ0n) is 15.9. The van der Waals surface area contributed by atoms with E-state index < -0.39 is 27.0 Å². The summed E-state index contributed by atoms with van der Waals surface area (Å²) in [5.74, 6) is 3.13. The molecule has 156 valence electrons. The molecule has 0 aromatic heterocycles. The molecule has 4 N–H and O–H groups in total. The Hall–Kier alpha value is -3.95. The van der Waals surface area contributed by atoms with Crippen molar-refractivity contribution in [1.29, 1.82) is 0 Å². The van der Waals surface area contributed by atoms with Gasteiger partial charge in [-0.1, -0.05) is 54.6 Å². The second-order valence-electron chi connectivity index (χ2n) is 6.68. The van der Waals surface area contributed by atoms with Crippen molar-refractivity contribution in [1.82, 2.24) is 0 Å². The van der Waals surface area contributed by atoms with E-state index >= 15 is 0 Å². The van der Waals surface area contributed by atoms with Crippen molar-refractivity contribution in [2.24, 2.45) is 5.84 Å². The van der Waals surface area contributed by atoms with Crippen molar-refractivity contribution >= 4 is 49.3 Å². The molecular formula is C22H16N2O6S. The minimum absolute atomic E-state index is 0.0801. The van der Waals surface area contributed by atoms with Crippen LogP contribution >= 0.6 is 0 Å². The summed E-state index contributed by atoms with van der Waals surface area (Å²) in [6.45, 7) is 0. The van der Waals surface area contributed by atoms with Gasteiger partial charge in [0.05, 0.1) is 16.8 Å². The lowest BCUT2D eigenvalue weighted by molar-refractivity contribution is 0.0695. The van der Waals surface area contributed by atoms with Crippen molar-refractivity contribution in [3.05, 3.63) is 83.9 Å². The molecule has 8 nitrogen and oxygen atoms in total. The van der Waals surface area contributed by atoms with Crippen LogP contribution < -0.4 is 11.3 Å². The fraction of sp³-hybridized carbons (Fsp3) is 0. The highest BCUT2D eigenvalue weighted by atomic mass is 32.2. The van der Waals surface area contributed by atoms with Gasteiger partial charge in [-0.2, -0.15) is 8.42 Å². The Labute approximate surface area is 177 Å². The van der Waals surface area contributed by atoms with E-state index in [0.29, 0.717) is 10.8 Å². The summed E-state index contributed by atoms with van der Waals surface area (Å²) in [7, 11) is -4.65. The quantitative estimate of drug-likeness (QED) is 0.246. The van der Waals surface area contributed by atoms with Gasteiger partial charge in [0.15, 0.2) is 0 Å². The number of nitrogens with two attached hydrogens (primary N) is 1. The van der Waals surface area contributed by atoms with Gasteiger partial charge >= 0.3 is 22.1 Å². The fourth-order valence-corrected chi connectivity index (χ4v) is 4.50. The number of hydrogen-bond donors (Lipinski definition) is 3. The van der Waals surface area contributed by atoms with Gasteiger partial charge in [0.25, 0.3) is 0 Å². The highest BCUT2D eigenvalue weighted by molar-refractivity contribution is 7.87. The van der Waals surface area contributed by atoms with Crippen LogP contribution in [0.1, 0.15) is 20.7 Å². The summed E-state index contributed by atoms with van der Waals surface area (Å²) < 4.78 is 30.8. The zero-order valence-corrected chi connectivity index (χ0v) is 16.7. The first kappa shape index (κ1) is 20.3. The summed E-state index contributed by atoms with van der Waals surface area (Å²) in [4.78, 5) is 23.8. The molecule has 31 heavy (non-hydrogen) atoms. The van der Waals surface area contributed by atoms with Crippen LogP contribution in [0.4, 0.5) is 5.69 Å². The normalized spacial score (nSPS) is 11.4. The van der Waals surface area contributed by atoms with Crippen molar-refractivity contribution in [3.8, 4) is 0 Å². The van der Waals surface area contributed by atoms with Crippen molar-refractivity contribution in [2.45, 2.75) is 4.90 Å². The van der Waals surface area contributed by atoms with Crippen LogP contribution in [0.5, 0.6) is 0 Å². The molecule has 4 rings (SSSR count). The number of nitrogens with one attached hydrogen (secondary N) is 1. The van der Waals surface area contributed by atoms with Gasteiger partial charge in [0.1, 0.15) is 4.90 Å². The van der Waals surface area contributed by atoms with Gasteiger partial charge < -0.3 is 14.7 Å². The first-order chi connectivity index (χ1) is 14.8. The Balaban J connectivity index is 1.81. The average molecular weight is 436 g/mol. The molecule has 4 aromatic carbocycles. The van der Waals surface area contributed by atoms with E-state index in [9.17, 15) is 23.1 Å². The lowest BCUT2D eigenvalue weighted by Gasteiger charge is -2.13. The molecule has 0 fully saturated rings. The minimum Gasteiger partial charge on any atom is -0.478 e. The summed E-state index contributed by atoms with van der Waals surface area (Å²) in [5, 5.41) is 11.3. The smallest absolute Gasteiger partial charge is 0.356 e. The molecular weight excluding hydrogens is 420 g/mol. The summed E-state index contributed by atoms with van der Waals surface area (Å²) in [6, 6.07) is 18.8. The summed E-state index contributed by atoms with van der Waals surface area (Å²) in [5.41, 5.74) is 2.31. The number of carboxylic acids is 1. The maximum absolute atomic E-state index is 13.0. The minimum atomic E-state index is -4.65. The molecule has 0 unspecified atom stereocenters. The van der Waals surface area contributed by atoms with Crippen LogP contribution in [0, 0.1) is 0 Å². The van der Waals surface area contributed by atoms with Crippen LogP contribution in [0.25, 0.3) is 21.5 Å². The molecule has 0 amide bonds. The van der Waals surface area contributed by atoms with E-state index in [4.69, 9.17) is 10.0 Å². The number of carbonyl (C=O) groups is 2. The van der Waals surface area contributed by atoms with Crippen molar-refractivity contribution in [3.63, 3.8) is 0 Å². The fourth-order valence-electron chi connectivity index (χ4n) is 3.39. The zero-order chi connectivity index (χ0) is 22.2. The maximum atomic E-state index is 13.0. The van der Waals surface area contributed by atoms with Crippen LogP contribution in [0.3, 0.4) is 0 Å². The molecule has 0 bridgehead atoms. The second kappa shape index (κ2) is 7.71. The first-order valence-corrected chi connectivity index (χ1v) is 10.5. The van der Waals surface area contributed by atoms with Gasteiger partial charge in [0, 0.05) is 10.8 Å². The number of hydrogen-bond acceptors (Lipinski definition) is 7. The van der Waals surface area contributed by atoms with E-state index in [2.05, 4.69) is 5.43 Å². The molecule has 0 aliphatic carbocycles. The molecule has 0 radical (unpaired) electrons. The van der Waals surface area contributed by atoms with Gasteiger partial charge in [-0.3, -0.25) is 5.84 Å². The average Bonchev–Trinajstić information content (AvgIpc) is 2.76. The third kappa shape index (κ3) is 3.67. The number of hydrazine groups is 1. The number of benzene rings is 4. The third-order valence-electron chi connectivity index (χ3n) is 4.82. The summed E-state index contributed by atoms with van der Waals surface area (Å²) >= 11 is 0. The van der Waals surface area contributed by atoms with Gasteiger partial charge in [-0.05, 0) is 29.0 Å². The maximum Gasteiger partial charge on any atom is 0.356 e. The van der Waals surface area contributed by atoms with Crippen molar-refractivity contribution < 1.29 is 27.3 Å². The van der Waals surface area contributed by atoms with E-state index in [0.717, 1.165) is 11.5 Å². The van der Waals surface area contributed by atoms with E-state index in [-0.39, 0.29) is 22.2 Å². The standard InChI is InChI=1S/C22H16N2O6S/c23-24-20-17-8-4-1-5-13(17)9-10-18(20)22(27)30-31(28,29)19-12-15(21(25)26)11-14-6-2-3-7-16(14)19/h1-12,24H,23H2,(H,25,26). The topological polar surface area (TPSA) is 136 Å². The Morgan fingerprint density at radius 1 is 0.871 bits per heavy atom. The molecule has 0 aliphatic rings. The molecule has 0 spiro atoms. The Bertz CT molecular complexity index is 1460. The van der Waals surface area contributed by atoms with E-state index in [1.165, 1.54) is 18.2 Å². The van der Waals surface area contributed by atoms with E-state index in [1.54, 1.807) is 36.4 Å². The third-order valence-corrected chi connectivity index (χ3v) is 6.07. The number of carbonyl (C=O) groups excluding carboxylic acids is 1. The Kier molecular flexibility index (Phi) is 5.05. The number of aromatic carboxylic acids is 1.